The summed E-state index contributed by atoms with van der Waals surface area (Å²) in [4.78, 5) is 11.3. The van der Waals surface area contributed by atoms with Crippen LogP contribution in [0.2, 0.25) is 0 Å². The van der Waals surface area contributed by atoms with Gasteiger partial charge in [-0.05, 0) is 32.1 Å². The molecule has 1 aliphatic carbocycles. The maximum atomic E-state index is 11.3. The van der Waals surface area contributed by atoms with Crippen LogP contribution in [-0.4, -0.2) is 35.9 Å². The van der Waals surface area contributed by atoms with E-state index in [9.17, 15) is 9.90 Å². The number of hydrogen-bond donors (Lipinski definition) is 2. The van der Waals surface area contributed by atoms with Gasteiger partial charge in [-0.15, -0.1) is 0 Å². The molecular formula is C13H23NO3. The Bertz CT molecular complexity index is 269. The number of carbonyl (C=O) groups is 1. The average Bonchev–Trinajstić information content (AvgIpc) is 2.35. The lowest BCUT2D eigenvalue weighted by Crippen LogP contribution is -2.52. The summed E-state index contributed by atoms with van der Waals surface area (Å²) in [5, 5.41) is 12.6. The van der Waals surface area contributed by atoms with Crippen molar-refractivity contribution in [3.8, 4) is 0 Å². The summed E-state index contributed by atoms with van der Waals surface area (Å²) in [7, 11) is 0. The maximum absolute atomic E-state index is 11.3. The second-order valence-electron chi connectivity index (χ2n) is 5.24. The molecule has 0 bridgehead atoms. The Labute approximate surface area is 103 Å². The third kappa shape index (κ3) is 3.19. The van der Waals surface area contributed by atoms with E-state index in [1.807, 2.05) is 6.92 Å². The molecular weight excluding hydrogens is 218 g/mol. The fourth-order valence-electron chi connectivity index (χ4n) is 2.93. The summed E-state index contributed by atoms with van der Waals surface area (Å²) in [5.41, 5.74) is 0. The van der Waals surface area contributed by atoms with E-state index >= 15 is 0 Å². The minimum atomic E-state index is -0.353. The molecule has 0 radical (unpaired) electrons. The number of amides is 1. The second kappa shape index (κ2) is 5.83. The van der Waals surface area contributed by atoms with Crippen molar-refractivity contribution in [1.82, 2.24) is 5.32 Å². The van der Waals surface area contributed by atoms with Crippen LogP contribution in [0.15, 0.2) is 0 Å². The number of nitrogens with one attached hydrogen (secondary N) is 1. The Morgan fingerprint density at radius 1 is 1.47 bits per heavy atom. The van der Waals surface area contributed by atoms with Crippen molar-refractivity contribution in [3.63, 3.8) is 0 Å². The molecule has 1 saturated carbocycles. The molecule has 1 heterocycles. The molecule has 1 amide bonds. The smallest absolute Gasteiger partial charge is 0.220 e. The second-order valence-corrected chi connectivity index (χ2v) is 5.24. The predicted molar refractivity (Wildman–Crippen MR) is 64.5 cm³/mol. The standard InChI is InChI=1S/C13H23NO3/c1-2-9(15)8-17-12-5-3-4-11-10(12)6-7-13(16)14-11/h9-12,15H,2-8H2,1H3,(H,14,16). The molecule has 0 aromatic carbocycles. The van der Waals surface area contributed by atoms with Crippen molar-refractivity contribution < 1.29 is 14.6 Å². The lowest BCUT2D eigenvalue weighted by molar-refractivity contribution is -0.128. The minimum Gasteiger partial charge on any atom is -0.391 e. The first-order valence-corrected chi connectivity index (χ1v) is 6.79. The number of hydrogen-bond acceptors (Lipinski definition) is 3. The maximum Gasteiger partial charge on any atom is 0.220 e. The fraction of sp³-hybridized carbons (Fsp3) is 0.923. The van der Waals surface area contributed by atoms with Crippen LogP contribution in [-0.2, 0) is 9.53 Å². The van der Waals surface area contributed by atoms with Crippen molar-refractivity contribution in [3.05, 3.63) is 0 Å². The van der Waals surface area contributed by atoms with E-state index in [1.54, 1.807) is 0 Å². The highest BCUT2D eigenvalue weighted by Crippen LogP contribution is 2.33. The minimum absolute atomic E-state index is 0.181. The molecule has 4 heteroatoms. The van der Waals surface area contributed by atoms with Crippen molar-refractivity contribution in [2.24, 2.45) is 5.92 Å². The highest BCUT2D eigenvalue weighted by molar-refractivity contribution is 5.77. The molecule has 4 unspecified atom stereocenters. The summed E-state index contributed by atoms with van der Waals surface area (Å²) >= 11 is 0. The third-order valence-electron chi connectivity index (χ3n) is 4.02. The van der Waals surface area contributed by atoms with Crippen LogP contribution >= 0.6 is 0 Å². The van der Waals surface area contributed by atoms with E-state index < -0.39 is 0 Å². The van der Waals surface area contributed by atoms with E-state index in [0.29, 0.717) is 25.0 Å². The van der Waals surface area contributed by atoms with Crippen LogP contribution in [0.3, 0.4) is 0 Å². The number of carbonyl (C=O) groups excluding carboxylic acids is 1. The van der Waals surface area contributed by atoms with E-state index in [4.69, 9.17) is 4.74 Å². The highest BCUT2D eigenvalue weighted by Gasteiger charge is 2.37. The Balaban J connectivity index is 1.87. The van der Waals surface area contributed by atoms with Gasteiger partial charge in [0.05, 0.1) is 18.8 Å². The molecule has 4 atom stereocenters. The molecule has 1 aliphatic heterocycles. The van der Waals surface area contributed by atoms with Crippen LogP contribution in [0.25, 0.3) is 0 Å². The normalized spacial score (nSPS) is 34.9. The van der Waals surface area contributed by atoms with Gasteiger partial charge < -0.3 is 15.2 Å². The lowest BCUT2D eigenvalue weighted by Gasteiger charge is -2.41. The van der Waals surface area contributed by atoms with Crippen molar-refractivity contribution in [2.45, 2.75) is 63.7 Å². The Morgan fingerprint density at radius 2 is 2.29 bits per heavy atom. The Morgan fingerprint density at radius 3 is 3.06 bits per heavy atom. The molecule has 0 aromatic heterocycles. The Kier molecular flexibility index (Phi) is 4.40. The molecule has 2 aliphatic rings. The first-order chi connectivity index (χ1) is 8.20. The van der Waals surface area contributed by atoms with Gasteiger partial charge in [0.25, 0.3) is 0 Å². The van der Waals surface area contributed by atoms with Crippen molar-refractivity contribution in [2.75, 3.05) is 6.61 Å². The SMILES string of the molecule is CCC(O)COC1CCCC2NC(=O)CCC21. The highest BCUT2D eigenvalue weighted by atomic mass is 16.5. The first kappa shape index (κ1) is 12.8. The van der Waals surface area contributed by atoms with Gasteiger partial charge in [-0.3, -0.25) is 4.79 Å². The largest absolute Gasteiger partial charge is 0.391 e. The zero-order valence-electron chi connectivity index (χ0n) is 10.5. The zero-order chi connectivity index (χ0) is 12.3. The quantitative estimate of drug-likeness (QED) is 0.778. The van der Waals surface area contributed by atoms with Crippen LogP contribution in [0.4, 0.5) is 0 Å². The number of fused-ring (bicyclic) bond motifs is 1. The predicted octanol–water partition coefficient (Wildman–Crippen LogP) is 1.22. The number of piperidine rings is 1. The van der Waals surface area contributed by atoms with E-state index in [-0.39, 0.29) is 18.1 Å². The molecule has 1 saturated heterocycles. The monoisotopic (exact) mass is 241 g/mol. The summed E-state index contributed by atoms with van der Waals surface area (Å²) in [5.74, 6) is 0.631. The van der Waals surface area contributed by atoms with Crippen molar-refractivity contribution in [1.29, 1.82) is 0 Å². The van der Waals surface area contributed by atoms with Gasteiger partial charge in [0.2, 0.25) is 5.91 Å². The number of aliphatic hydroxyl groups excluding tert-OH is 1. The molecule has 2 fully saturated rings. The van der Waals surface area contributed by atoms with Gasteiger partial charge in [-0.25, -0.2) is 0 Å². The lowest BCUT2D eigenvalue weighted by atomic mass is 9.77. The topological polar surface area (TPSA) is 58.6 Å². The van der Waals surface area contributed by atoms with E-state index in [1.165, 1.54) is 0 Å². The molecule has 17 heavy (non-hydrogen) atoms. The molecule has 2 N–H and O–H groups in total. The molecule has 4 nitrogen and oxygen atoms in total. The van der Waals surface area contributed by atoms with Gasteiger partial charge in [-0.2, -0.15) is 0 Å². The number of aliphatic hydroxyl groups is 1. The summed E-state index contributed by atoms with van der Waals surface area (Å²) < 4.78 is 5.84. The van der Waals surface area contributed by atoms with Crippen LogP contribution in [0, 0.1) is 5.92 Å². The van der Waals surface area contributed by atoms with Gasteiger partial charge in [0, 0.05) is 18.4 Å². The molecule has 0 aromatic rings. The van der Waals surface area contributed by atoms with Crippen LogP contribution < -0.4 is 5.32 Å². The van der Waals surface area contributed by atoms with E-state index in [0.717, 1.165) is 32.1 Å². The zero-order valence-corrected chi connectivity index (χ0v) is 10.5. The van der Waals surface area contributed by atoms with Gasteiger partial charge in [0.15, 0.2) is 0 Å². The number of rotatable bonds is 4. The van der Waals surface area contributed by atoms with Gasteiger partial charge in [-0.1, -0.05) is 6.92 Å². The van der Waals surface area contributed by atoms with Gasteiger partial charge >= 0.3 is 0 Å². The fourth-order valence-corrected chi connectivity index (χ4v) is 2.93. The molecule has 98 valence electrons. The summed E-state index contributed by atoms with van der Waals surface area (Å²) in [6.45, 7) is 2.39. The molecule has 0 spiro atoms. The third-order valence-corrected chi connectivity index (χ3v) is 4.02. The van der Waals surface area contributed by atoms with E-state index in [2.05, 4.69) is 5.32 Å². The van der Waals surface area contributed by atoms with Gasteiger partial charge in [0.1, 0.15) is 0 Å². The Hall–Kier alpha value is -0.610. The summed E-state index contributed by atoms with van der Waals surface area (Å²) in [6, 6.07) is 0.300. The average molecular weight is 241 g/mol. The number of ether oxygens (including phenoxy) is 1. The summed E-state index contributed by atoms with van der Waals surface area (Å²) in [6.07, 6.45) is 5.40. The van der Waals surface area contributed by atoms with Crippen LogP contribution in [0.5, 0.6) is 0 Å². The molecule has 2 rings (SSSR count). The first-order valence-electron chi connectivity index (χ1n) is 6.79. The van der Waals surface area contributed by atoms with Crippen molar-refractivity contribution >= 4 is 5.91 Å². The van der Waals surface area contributed by atoms with Crippen LogP contribution in [0.1, 0.15) is 45.4 Å².